The van der Waals surface area contributed by atoms with Crippen molar-refractivity contribution in [1.82, 2.24) is 9.80 Å². The maximum atomic E-state index is 13.2. The first-order valence-corrected chi connectivity index (χ1v) is 11.7. The van der Waals surface area contributed by atoms with Crippen molar-refractivity contribution in [1.29, 1.82) is 0 Å². The van der Waals surface area contributed by atoms with E-state index in [1.54, 1.807) is 35.3 Å². The first-order valence-electron chi connectivity index (χ1n) is 10.9. The van der Waals surface area contributed by atoms with E-state index >= 15 is 0 Å². The molecule has 6 nitrogen and oxygen atoms in total. The first-order chi connectivity index (χ1) is 15.8. The summed E-state index contributed by atoms with van der Waals surface area (Å²) in [6.45, 7) is 1.08. The number of amides is 1. The summed E-state index contributed by atoms with van der Waals surface area (Å²) >= 11 is 1.61. The highest BCUT2D eigenvalue weighted by atomic mass is 32.2. The Hall–Kier alpha value is -2.90. The molecule has 2 aromatic carbocycles. The topological polar surface area (TPSA) is 62.2 Å². The number of nitrogens with zero attached hydrogens (tertiary/aromatic N) is 3. The predicted octanol–water partition coefficient (Wildman–Crippen LogP) is 4.26. The van der Waals surface area contributed by atoms with E-state index in [2.05, 4.69) is 11.1 Å². The van der Waals surface area contributed by atoms with Crippen molar-refractivity contribution in [2.45, 2.75) is 28.0 Å². The van der Waals surface area contributed by atoms with Crippen LogP contribution in [0.15, 0.2) is 75.6 Å². The van der Waals surface area contributed by atoms with Crippen molar-refractivity contribution < 1.29 is 14.3 Å². The van der Waals surface area contributed by atoms with E-state index in [-0.39, 0.29) is 11.7 Å². The lowest BCUT2D eigenvalue weighted by Gasteiger charge is -2.34. The molecule has 2 aromatic rings. The Labute approximate surface area is 200 Å². The quantitative estimate of drug-likeness (QED) is 0.251. The maximum absolute atomic E-state index is 13.2. The van der Waals surface area contributed by atoms with Crippen LogP contribution in [0.1, 0.15) is 28.8 Å². The largest absolute Gasteiger partial charge is 0.383 e. The van der Waals surface area contributed by atoms with Gasteiger partial charge in [0.15, 0.2) is 5.78 Å². The highest BCUT2D eigenvalue weighted by Gasteiger charge is 2.41. The number of hydrogen-bond donors (Lipinski definition) is 0. The van der Waals surface area contributed by atoms with Crippen molar-refractivity contribution in [2.24, 2.45) is 4.99 Å². The second kappa shape index (κ2) is 11.3. The SMILES string of the molecule is CN(C)/C=C/C(=O)c1ccc(Sc2cccc(C3(C(=O)/N=C/N(C)C)CCOCC3)c2)cc1. The Morgan fingerprint density at radius 2 is 1.67 bits per heavy atom. The van der Waals surface area contributed by atoms with Crippen LogP contribution in [0, 0.1) is 0 Å². The molecule has 0 atom stereocenters. The fraction of sp³-hybridized carbons (Fsp3) is 0.346. The molecule has 0 saturated carbocycles. The molecular weight excluding hydrogens is 434 g/mol. The lowest BCUT2D eigenvalue weighted by Crippen LogP contribution is -2.41. The Morgan fingerprint density at radius 1 is 0.970 bits per heavy atom. The summed E-state index contributed by atoms with van der Waals surface area (Å²) in [5.74, 6) is -0.157. The molecule has 1 aliphatic heterocycles. The minimum absolute atomic E-state index is 0.0273. The molecule has 0 aliphatic carbocycles. The Bertz CT molecular complexity index is 1020. The molecule has 0 unspecified atom stereocenters. The molecule has 0 N–H and O–H groups in total. The van der Waals surface area contributed by atoms with Gasteiger partial charge in [0.1, 0.15) is 0 Å². The van der Waals surface area contributed by atoms with E-state index in [0.717, 1.165) is 15.4 Å². The minimum Gasteiger partial charge on any atom is -0.383 e. The summed E-state index contributed by atoms with van der Waals surface area (Å²) in [7, 11) is 7.46. The molecule has 3 rings (SSSR count). The predicted molar refractivity (Wildman–Crippen MR) is 133 cm³/mol. The molecule has 1 heterocycles. The Morgan fingerprint density at radius 3 is 2.30 bits per heavy atom. The average Bonchev–Trinajstić information content (AvgIpc) is 2.82. The van der Waals surface area contributed by atoms with Gasteiger partial charge >= 0.3 is 0 Å². The fourth-order valence-electron chi connectivity index (χ4n) is 3.63. The van der Waals surface area contributed by atoms with E-state index < -0.39 is 5.41 Å². The molecule has 1 saturated heterocycles. The summed E-state index contributed by atoms with van der Waals surface area (Å²) in [6.07, 6.45) is 6.10. The molecule has 174 valence electrons. The van der Waals surface area contributed by atoms with Gasteiger partial charge in [0.25, 0.3) is 5.91 Å². The van der Waals surface area contributed by atoms with Crippen LogP contribution in [-0.2, 0) is 14.9 Å². The normalized spacial score (nSPS) is 15.6. The van der Waals surface area contributed by atoms with Gasteiger partial charge in [-0.15, -0.1) is 0 Å². The second-order valence-electron chi connectivity index (χ2n) is 8.51. The van der Waals surface area contributed by atoms with Crippen LogP contribution >= 0.6 is 11.8 Å². The number of carbonyl (C=O) groups is 2. The number of rotatable bonds is 8. The molecule has 0 radical (unpaired) electrons. The zero-order valence-electron chi connectivity index (χ0n) is 19.7. The van der Waals surface area contributed by atoms with Crippen LogP contribution < -0.4 is 0 Å². The first kappa shape index (κ1) is 24.7. The number of ketones is 1. The highest BCUT2D eigenvalue weighted by molar-refractivity contribution is 7.99. The van der Waals surface area contributed by atoms with Crippen LogP contribution in [0.2, 0.25) is 0 Å². The number of benzene rings is 2. The highest BCUT2D eigenvalue weighted by Crippen LogP contribution is 2.39. The standard InChI is InChI=1S/C26H31N3O3S/c1-28(2)15-12-24(30)20-8-10-22(11-9-20)33-23-7-5-6-21(18-23)26(13-16-32-17-14-26)25(31)27-19-29(3)4/h5-12,15,18-19H,13-14,16-17H2,1-4H3/b15-12+,27-19+. The van der Waals surface area contributed by atoms with Crippen molar-refractivity contribution in [3.8, 4) is 0 Å². The third-order valence-electron chi connectivity index (χ3n) is 5.45. The number of aliphatic imine (C=N–C) groups is 1. The van der Waals surface area contributed by atoms with Gasteiger partial charge in [-0.3, -0.25) is 9.59 Å². The molecule has 0 spiro atoms. The minimum atomic E-state index is -0.670. The Kier molecular flexibility index (Phi) is 8.47. The van der Waals surface area contributed by atoms with Gasteiger partial charge in [0.05, 0.1) is 11.8 Å². The smallest absolute Gasteiger partial charge is 0.257 e. The van der Waals surface area contributed by atoms with Gasteiger partial charge in [-0.25, -0.2) is 4.99 Å². The molecular formula is C26H31N3O3S. The number of allylic oxidation sites excluding steroid dienone is 1. The summed E-state index contributed by atoms with van der Waals surface area (Å²) < 4.78 is 5.55. The van der Waals surface area contributed by atoms with Crippen LogP contribution in [0.3, 0.4) is 0 Å². The monoisotopic (exact) mass is 465 g/mol. The van der Waals surface area contributed by atoms with E-state index in [9.17, 15) is 9.59 Å². The van der Waals surface area contributed by atoms with Crippen LogP contribution in [0.4, 0.5) is 0 Å². The van der Waals surface area contributed by atoms with E-state index in [1.807, 2.05) is 75.6 Å². The van der Waals surface area contributed by atoms with Gasteiger partial charge in [-0.05, 0) is 54.8 Å². The van der Waals surface area contributed by atoms with Crippen LogP contribution in [-0.4, -0.2) is 69.2 Å². The summed E-state index contributed by atoms with van der Waals surface area (Å²) in [5.41, 5.74) is 0.949. The van der Waals surface area contributed by atoms with Crippen molar-refractivity contribution in [2.75, 3.05) is 41.4 Å². The summed E-state index contributed by atoms with van der Waals surface area (Å²) in [5, 5.41) is 0. The van der Waals surface area contributed by atoms with Gasteiger partial charge in [0, 0.05) is 69.0 Å². The molecule has 1 amide bonds. The molecule has 0 aromatic heterocycles. The number of ether oxygens (including phenoxy) is 1. The lowest BCUT2D eigenvalue weighted by molar-refractivity contribution is -0.126. The fourth-order valence-corrected chi connectivity index (χ4v) is 4.51. The molecule has 33 heavy (non-hydrogen) atoms. The zero-order valence-corrected chi connectivity index (χ0v) is 20.5. The van der Waals surface area contributed by atoms with Gasteiger partial charge in [-0.2, -0.15) is 0 Å². The summed E-state index contributed by atoms with van der Waals surface area (Å²) in [6, 6.07) is 15.7. The number of carbonyl (C=O) groups excluding carboxylic acids is 2. The van der Waals surface area contributed by atoms with Crippen molar-refractivity contribution in [3.05, 3.63) is 71.9 Å². The van der Waals surface area contributed by atoms with E-state index in [4.69, 9.17) is 4.74 Å². The van der Waals surface area contributed by atoms with Crippen LogP contribution in [0.25, 0.3) is 0 Å². The van der Waals surface area contributed by atoms with E-state index in [0.29, 0.717) is 31.6 Å². The number of hydrogen-bond acceptors (Lipinski definition) is 5. The van der Waals surface area contributed by atoms with Gasteiger partial charge in [0.2, 0.25) is 0 Å². The van der Waals surface area contributed by atoms with Crippen LogP contribution in [0.5, 0.6) is 0 Å². The lowest BCUT2D eigenvalue weighted by atomic mass is 9.73. The maximum Gasteiger partial charge on any atom is 0.257 e. The Balaban J connectivity index is 1.81. The van der Waals surface area contributed by atoms with Gasteiger partial charge in [-0.1, -0.05) is 23.9 Å². The average molecular weight is 466 g/mol. The van der Waals surface area contributed by atoms with E-state index in [1.165, 1.54) is 0 Å². The summed E-state index contributed by atoms with van der Waals surface area (Å²) in [4.78, 5) is 35.3. The third kappa shape index (κ3) is 6.55. The molecule has 7 heteroatoms. The zero-order chi connectivity index (χ0) is 23.8. The molecule has 1 aliphatic rings. The second-order valence-corrected chi connectivity index (χ2v) is 9.65. The third-order valence-corrected chi connectivity index (χ3v) is 6.44. The molecule has 1 fully saturated rings. The molecule has 0 bridgehead atoms. The van der Waals surface area contributed by atoms with Crippen molar-refractivity contribution >= 4 is 29.8 Å². The van der Waals surface area contributed by atoms with Gasteiger partial charge < -0.3 is 14.5 Å². The van der Waals surface area contributed by atoms with Crippen molar-refractivity contribution in [3.63, 3.8) is 0 Å².